The smallest absolute Gasteiger partial charge is 0.213 e. The van der Waals surface area contributed by atoms with Gasteiger partial charge in [0.1, 0.15) is 0 Å². The van der Waals surface area contributed by atoms with E-state index >= 15 is 0 Å². The van der Waals surface area contributed by atoms with Crippen LogP contribution in [-0.4, -0.2) is 23.0 Å². The summed E-state index contributed by atoms with van der Waals surface area (Å²) < 4.78 is 23.1. The lowest BCUT2D eigenvalue weighted by atomic mass is 10.4. The van der Waals surface area contributed by atoms with Crippen LogP contribution in [0.25, 0.3) is 5.65 Å². The third kappa shape index (κ3) is 1.88. The predicted octanol–water partition coefficient (Wildman–Crippen LogP) is -0.482. The summed E-state index contributed by atoms with van der Waals surface area (Å²) in [5.74, 6) is -0.226. The van der Waals surface area contributed by atoms with Gasteiger partial charge >= 0.3 is 0 Å². The second kappa shape index (κ2) is 3.03. The second-order valence-corrected chi connectivity index (χ2v) is 4.52. The number of rotatable bonds is 2. The predicted molar refractivity (Wildman–Crippen MR) is 49.8 cm³/mol. The molecule has 2 rings (SSSR count). The van der Waals surface area contributed by atoms with Gasteiger partial charge in [0.25, 0.3) is 0 Å². The molecule has 0 aliphatic heterocycles. The molecular formula is C7H8N4O2S. The molecule has 6 nitrogen and oxygen atoms in total. The summed E-state index contributed by atoms with van der Waals surface area (Å²) >= 11 is 0. The average Bonchev–Trinajstić information content (AvgIpc) is 2.47. The molecular weight excluding hydrogens is 204 g/mol. The van der Waals surface area contributed by atoms with Crippen molar-refractivity contribution in [3.05, 3.63) is 30.2 Å². The molecule has 74 valence electrons. The van der Waals surface area contributed by atoms with Crippen molar-refractivity contribution < 1.29 is 8.42 Å². The van der Waals surface area contributed by atoms with Crippen LogP contribution in [0.4, 0.5) is 0 Å². The minimum Gasteiger partial charge on any atom is -0.237 e. The number of sulfonamides is 1. The van der Waals surface area contributed by atoms with Crippen LogP contribution in [-0.2, 0) is 15.8 Å². The summed E-state index contributed by atoms with van der Waals surface area (Å²) in [7, 11) is -3.51. The zero-order valence-electron chi connectivity index (χ0n) is 7.16. The van der Waals surface area contributed by atoms with Crippen LogP contribution in [0.2, 0.25) is 0 Å². The third-order valence-corrected chi connectivity index (χ3v) is 2.40. The maximum absolute atomic E-state index is 10.8. The number of nitrogens with two attached hydrogens (primary N) is 1. The monoisotopic (exact) mass is 212 g/mol. The maximum atomic E-state index is 10.8. The van der Waals surface area contributed by atoms with E-state index in [-0.39, 0.29) is 5.75 Å². The highest BCUT2D eigenvalue weighted by Crippen LogP contribution is 2.03. The lowest BCUT2D eigenvalue weighted by molar-refractivity contribution is 0.596. The molecule has 2 aromatic heterocycles. The molecule has 0 bridgehead atoms. The molecule has 0 spiro atoms. The Morgan fingerprint density at radius 3 is 3.00 bits per heavy atom. The van der Waals surface area contributed by atoms with Gasteiger partial charge in [-0.2, -0.15) is 5.10 Å². The van der Waals surface area contributed by atoms with Gasteiger partial charge in [0.05, 0.1) is 11.9 Å². The maximum Gasteiger partial charge on any atom is 0.213 e. The molecule has 0 amide bonds. The van der Waals surface area contributed by atoms with E-state index in [0.29, 0.717) is 11.2 Å². The zero-order chi connectivity index (χ0) is 10.2. The first-order valence-electron chi connectivity index (χ1n) is 3.83. The van der Waals surface area contributed by atoms with E-state index in [9.17, 15) is 8.42 Å². The zero-order valence-corrected chi connectivity index (χ0v) is 7.98. The first-order chi connectivity index (χ1) is 6.54. The quantitative estimate of drug-likeness (QED) is 0.727. The topological polar surface area (TPSA) is 90.4 Å². The van der Waals surface area contributed by atoms with E-state index in [1.165, 1.54) is 10.7 Å². The average molecular weight is 212 g/mol. The Morgan fingerprint density at radius 1 is 1.50 bits per heavy atom. The summed E-state index contributed by atoms with van der Waals surface area (Å²) in [6.07, 6.45) is 4.65. The number of fused-ring (bicyclic) bond motifs is 1. The van der Waals surface area contributed by atoms with Gasteiger partial charge in [0, 0.05) is 24.0 Å². The van der Waals surface area contributed by atoms with Crippen molar-refractivity contribution in [3.63, 3.8) is 0 Å². The SMILES string of the molecule is NS(=O)(=O)Cc1cnc2ccnn2c1. The van der Waals surface area contributed by atoms with Crippen molar-refractivity contribution in [2.45, 2.75) is 5.75 Å². The highest BCUT2D eigenvalue weighted by atomic mass is 32.2. The van der Waals surface area contributed by atoms with Gasteiger partial charge in [-0.1, -0.05) is 0 Å². The van der Waals surface area contributed by atoms with E-state index in [1.54, 1.807) is 18.5 Å². The molecule has 2 aromatic rings. The van der Waals surface area contributed by atoms with Crippen LogP contribution in [0, 0.1) is 0 Å². The molecule has 0 saturated heterocycles. The minimum absolute atomic E-state index is 0.226. The Morgan fingerprint density at radius 2 is 2.29 bits per heavy atom. The lowest BCUT2D eigenvalue weighted by Gasteiger charge is -1.99. The number of hydrogen-bond donors (Lipinski definition) is 1. The van der Waals surface area contributed by atoms with Gasteiger partial charge in [0.2, 0.25) is 10.0 Å². The van der Waals surface area contributed by atoms with Crippen molar-refractivity contribution in [3.8, 4) is 0 Å². The fourth-order valence-electron chi connectivity index (χ4n) is 1.16. The van der Waals surface area contributed by atoms with Crippen LogP contribution in [0.5, 0.6) is 0 Å². The summed E-state index contributed by atoms with van der Waals surface area (Å²) in [4.78, 5) is 4.01. The molecule has 0 saturated carbocycles. The molecule has 0 aliphatic carbocycles. The highest BCUT2D eigenvalue weighted by Gasteiger charge is 2.06. The number of nitrogens with zero attached hydrogens (tertiary/aromatic N) is 3. The first-order valence-corrected chi connectivity index (χ1v) is 5.55. The first kappa shape index (κ1) is 9.10. The fourth-order valence-corrected chi connectivity index (χ4v) is 1.77. The van der Waals surface area contributed by atoms with E-state index < -0.39 is 10.0 Å². The largest absolute Gasteiger partial charge is 0.237 e. The van der Waals surface area contributed by atoms with Crippen LogP contribution in [0.15, 0.2) is 24.7 Å². The molecule has 0 atom stereocenters. The Balaban J connectivity index is 2.44. The second-order valence-electron chi connectivity index (χ2n) is 2.90. The molecule has 2 N–H and O–H groups in total. The van der Waals surface area contributed by atoms with Crippen molar-refractivity contribution in [2.24, 2.45) is 5.14 Å². The summed E-state index contributed by atoms with van der Waals surface area (Å²) in [5.41, 5.74) is 1.19. The van der Waals surface area contributed by atoms with Crippen molar-refractivity contribution >= 4 is 15.7 Å². The summed E-state index contributed by atoms with van der Waals surface area (Å²) in [6, 6.07) is 1.72. The van der Waals surface area contributed by atoms with Crippen molar-refractivity contribution in [2.75, 3.05) is 0 Å². The Hall–Kier alpha value is -1.47. The number of primary sulfonamides is 1. The van der Waals surface area contributed by atoms with E-state index in [2.05, 4.69) is 10.1 Å². The van der Waals surface area contributed by atoms with Gasteiger partial charge in [-0.15, -0.1) is 0 Å². The van der Waals surface area contributed by atoms with Gasteiger partial charge < -0.3 is 0 Å². The molecule has 0 fully saturated rings. The van der Waals surface area contributed by atoms with E-state index in [0.717, 1.165) is 0 Å². The van der Waals surface area contributed by atoms with Crippen molar-refractivity contribution in [1.82, 2.24) is 14.6 Å². The van der Waals surface area contributed by atoms with Gasteiger partial charge in [-0.3, -0.25) is 0 Å². The minimum atomic E-state index is -3.51. The normalized spacial score (nSPS) is 12.1. The summed E-state index contributed by atoms with van der Waals surface area (Å²) in [5, 5.41) is 8.83. The van der Waals surface area contributed by atoms with Gasteiger partial charge in [-0.25, -0.2) is 23.1 Å². The van der Waals surface area contributed by atoms with Crippen LogP contribution < -0.4 is 5.14 Å². The highest BCUT2D eigenvalue weighted by molar-refractivity contribution is 7.88. The van der Waals surface area contributed by atoms with E-state index in [4.69, 9.17) is 5.14 Å². The molecule has 2 heterocycles. The number of aromatic nitrogens is 3. The summed E-state index contributed by atoms with van der Waals surface area (Å²) in [6.45, 7) is 0. The Kier molecular flexibility index (Phi) is 1.97. The van der Waals surface area contributed by atoms with Gasteiger partial charge in [-0.05, 0) is 0 Å². The molecule has 0 unspecified atom stereocenters. The number of hydrogen-bond acceptors (Lipinski definition) is 4. The van der Waals surface area contributed by atoms with Crippen molar-refractivity contribution in [1.29, 1.82) is 0 Å². The third-order valence-electron chi connectivity index (χ3n) is 1.67. The molecule has 0 aromatic carbocycles. The van der Waals surface area contributed by atoms with Gasteiger partial charge in [0.15, 0.2) is 5.65 Å². The Labute approximate surface area is 80.4 Å². The standard InChI is InChI=1S/C7H8N4O2S/c8-14(12,13)5-6-3-9-7-1-2-10-11(7)4-6/h1-4H,5H2,(H2,8,12,13). The van der Waals surface area contributed by atoms with Crippen LogP contribution in [0.3, 0.4) is 0 Å². The molecule has 7 heteroatoms. The Bertz CT molecular complexity index is 560. The van der Waals surface area contributed by atoms with Crippen LogP contribution >= 0.6 is 0 Å². The molecule has 0 aliphatic rings. The lowest BCUT2D eigenvalue weighted by Crippen LogP contribution is -2.15. The fraction of sp³-hybridized carbons (Fsp3) is 0.143. The van der Waals surface area contributed by atoms with E-state index in [1.807, 2.05) is 0 Å². The molecule has 0 radical (unpaired) electrons. The van der Waals surface area contributed by atoms with Crippen LogP contribution in [0.1, 0.15) is 5.56 Å². The molecule has 14 heavy (non-hydrogen) atoms.